The van der Waals surface area contributed by atoms with Crippen molar-refractivity contribution in [1.82, 2.24) is 15.1 Å². The molecule has 1 aliphatic heterocycles. The standard InChI is InChI=1S/C13H15N3/c1-10-6-8-16(15-10)13-4-2-3-11-9-14-7-5-12(11)13/h2-4,6,8,14H,5,7,9H2,1H3. The van der Waals surface area contributed by atoms with Crippen molar-refractivity contribution < 1.29 is 0 Å². The van der Waals surface area contributed by atoms with Gasteiger partial charge in [-0.1, -0.05) is 12.1 Å². The third-order valence-corrected chi connectivity index (χ3v) is 3.08. The van der Waals surface area contributed by atoms with Gasteiger partial charge in [0, 0.05) is 12.7 Å². The van der Waals surface area contributed by atoms with Crippen LogP contribution in [0.5, 0.6) is 0 Å². The van der Waals surface area contributed by atoms with Gasteiger partial charge >= 0.3 is 0 Å². The first-order valence-electron chi connectivity index (χ1n) is 5.69. The summed E-state index contributed by atoms with van der Waals surface area (Å²) in [6.07, 6.45) is 3.12. The number of rotatable bonds is 1. The summed E-state index contributed by atoms with van der Waals surface area (Å²) in [4.78, 5) is 0. The van der Waals surface area contributed by atoms with Gasteiger partial charge in [0.15, 0.2) is 0 Å². The fourth-order valence-corrected chi connectivity index (χ4v) is 2.28. The van der Waals surface area contributed by atoms with Gasteiger partial charge in [0.25, 0.3) is 0 Å². The predicted molar refractivity (Wildman–Crippen MR) is 63.7 cm³/mol. The lowest BCUT2D eigenvalue weighted by atomic mass is 9.99. The number of nitrogens with zero attached hydrogens (tertiary/aromatic N) is 2. The zero-order valence-corrected chi connectivity index (χ0v) is 9.40. The van der Waals surface area contributed by atoms with Crippen LogP contribution in [0.4, 0.5) is 0 Å². The highest BCUT2D eigenvalue weighted by atomic mass is 15.3. The van der Waals surface area contributed by atoms with E-state index in [4.69, 9.17) is 0 Å². The molecule has 0 amide bonds. The van der Waals surface area contributed by atoms with Crippen LogP contribution in [0.2, 0.25) is 0 Å². The van der Waals surface area contributed by atoms with Crippen LogP contribution in [0.25, 0.3) is 5.69 Å². The van der Waals surface area contributed by atoms with Crippen LogP contribution in [-0.4, -0.2) is 16.3 Å². The van der Waals surface area contributed by atoms with Gasteiger partial charge in [0.1, 0.15) is 0 Å². The lowest BCUT2D eigenvalue weighted by Gasteiger charge is -2.20. The van der Waals surface area contributed by atoms with Crippen molar-refractivity contribution in [2.75, 3.05) is 6.54 Å². The number of nitrogens with one attached hydrogen (secondary N) is 1. The average Bonchev–Trinajstić information content (AvgIpc) is 2.75. The van der Waals surface area contributed by atoms with Crippen molar-refractivity contribution in [2.24, 2.45) is 0 Å². The first-order valence-corrected chi connectivity index (χ1v) is 5.69. The van der Waals surface area contributed by atoms with E-state index in [1.807, 2.05) is 23.9 Å². The van der Waals surface area contributed by atoms with Gasteiger partial charge in [-0.3, -0.25) is 0 Å². The molecule has 0 unspecified atom stereocenters. The largest absolute Gasteiger partial charge is 0.312 e. The van der Waals surface area contributed by atoms with E-state index < -0.39 is 0 Å². The van der Waals surface area contributed by atoms with E-state index in [0.29, 0.717) is 0 Å². The quantitative estimate of drug-likeness (QED) is 0.783. The topological polar surface area (TPSA) is 29.9 Å². The molecule has 0 bridgehead atoms. The molecule has 1 aromatic heterocycles. The number of hydrogen-bond acceptors (Lipinski definition) is 2. The third-order valence-electron chi connectivity index (χ3n) is 3.08. The average molecular weight is 213 g/mol. The highest BCUT2D eigenvalue weighted by molar-refractivity contribution is 5.46. The number of fused-ring (bicyclic) bond motifs is 1. The van der Waals surface area contributed by atoms with Crippen LogP contribution in [0.1, 0.15) is 16.8 Å². The highest BCUT2D eigenvalue weighted by Crippen LogP contribution is 2.21. The molecule has 0 saturated heterocycles. The van der Waals surface area contributed by atoms with Crippen molar-refractivity contribution in [3.05, 3.63) is 47.3 Å². The summed E-state index contributed by atoms with van der Waals surface area (Å²) in [5.74, 6) is 0. The molecular formula is C13H15N3. The molecule has 0 fully saturated rings. The van der Waals surface area contributed by atoms with Crippen molar-refractivity contribution in [3.8, 4) is 5.69 Å². The lowest BCUT2D eigenvalue weighted by Crippen LogP contribution is -2.24. The first-order chi connectivity index (χ1) is 7.84. The van der Waals surface area contributed by atoms with Crippen LogP contribution in [0.15, 0.2) is 30.5 Å². The van der Waals surface area contributed by atoms with Crippen molar-refractivity contribution in [1.29, 1.82) is 0 Å². The Morgan fingerprint density at radius 3 is 3.06 bits per heavy atom. The molecule has 1 aliphatic rings. The number of aromatic nitrogens is 2. The minimum Gasteiger partial charge on any atom is -0.312 e. The van der Waals surface area contributed by atoms with Crippen molar-refractivity contribution >= 4 is 0 Å². The maximum Gasteiger partial charge on any atom is 0.0681 e. The van der Waals surface area contributed by atoms with Gasteiger partial charge in [-0.2, -0.15) is 5.10 Å². The fourth-order valence-electron chi connectivity index (χ4n) is 2.28. The molecule has 3 rings (SSSR count). The van der Waals surface area contributed by atoms with Crippen LogP contribution >= 0.6 is 0 Å². The smallest absolute Gasteiger partial charge is 0.0681 e. The third kappa shape index (κ3) is 1.53. The second kappa shape index (κ2) is 3.76. The summed E-state index contributed by atoms with van der Waals surface area (Å²) in [6.45, 7) is 4.06. The second-order valence-corrected chi connectivity index (χ2v) is 4.24. The van der Waals surface area contributed by atoms with Crippen LogP contribution in [0, 0.1) is 6.92 Å². The normalized spacial score (nSPS) is 14.8. The summed E-state index contributed by atoms with van der Waals surface area (Å²) in [5, 5.41) is 7.88. The van der Waals surface area contributed by atoms with E-state index in [1.165, 1.54) is 16.8 Å². The molecule has 82 valence electrons. The van der Waals surface area contributed by atoms with E-state index in [1.54, 1.807) is 0 Å². The molecule has 0 aliphatic carbocycles. The van der Waals surface area contributed by atoms with Gasteiger partial charge in [0.2, 0.25) is 0 Å². The Balaban J connectivity index is 2.13. The molecular weight excluding hydrogens is 198 g/mol. The Morgan fingerprint density at radius 1 is 1.31 bits per heavy atom. The van der Waals surface area contributed by atoms with E-state index in [-0.39, 0.29) is 0 Å². The van der Waals surface area contributed by atoms with Gasteiger partial charge in [0.05, 0.1) is 11.4 Å². The highest BCUT2D eigenvalue weighted by Gasteiger charge is 2.13. The van der Waals surface area contributed by atoms with Crippen LogP contribution in [-0.2, 0) is 13.0 Å². The molecule has 0 atom stereocenters. The van der Waals surface area contributed by atoms with Gasteiger partial charge in [-0.05, 0) is 43.1 Å². The number of benzene rings is 1. The van der Waals surface area contributed by atoms with Crippen molar-refractivity contribution in [2.45, 2.75) is 19.9 Å². The molecule has 3 nitrogen and oxygen atoms in total. The number of hydrogen-bond donors (Lipinski definition) is 1. The maximum atomic E-state index is 4.49. The summed E-state index contributed by atoms with van der Waals surface area (Å²) in [6, 6.07) is 8.50. The molecule has 2 aromatic rings. The number of aryl methyl sites for hydroxylation is 1. The molecule has 1 aromatic carbocycles. The van der Waals surface area contributed by atoms with Crippen LogP contribution in [0.3, 0.4) is 0 Å². The predicted octanol–water partition coefficient (Wildman–Crippen LogP) is 1.83. The Hall–Kier alpha value is -1.61. The van der Waals surface area contributed by atoms with Crippen LogP contribution < -0.4 is 5.32 Å². The Labute approximate surface area is 95.1 Å². The summed E-state index contributed by atoms with van der Waals surface area (Å²) < 4.78 is 1.99. The molecule has 0 spiro atoms. The van der Waals surface area contributed by atoms with Gasteiger partial charge < -0.3 is 5.32 Å². The lowest BCUT2D eigenvalue weighted by molar-refractivity contribution is 0.638. The van der Waals surface area contributed by atoms with Gasteiger partial charge in [-0.25, -0.2) is 4.68 Å². The monoisotopic (exact) mass is 213 g/mol. The Morgan fingerprint density at radius 2 is 2.25 bits per heavy atom. The van der Waals surface area contributed by atoms with E-state index in [0.717, 1.165) is 25.2 Å². The van der Waals surface area contributed by atoms with Crippen molar-refractivity contribution in [3.63, 3.8) is 0 Å². The molecule has 0 radical (unpaired) electrons. The zero-order chi connectivity index (χ0) is 11.0. The van der Waals surface area contributed by atoms with E-state index >= 15 is 0 Å². The second-order valence-electron chi connectivity index (χ2n) is 4.24. The molecule has 3 heteroatoms. The summed E-state index contributed by atoms with van der Waals surface area (Å²) in [5.41, 5.74) is 5.12. The minimum atomic E-state index is 0.976. The molecule has 2 heterocycles. The fraction of sp³-hybridized carbons (Fsp3) is 0.308. The zero-order valence-electron chi connectivity index (χ0n) is 9.40. The van der Waals surface area contributed by atoms with E-state index in [9.17, 15) is 0 Å². The van der Waals surface area contributed by atoms with Gasteiger partial charge in [-0.15, -0.1) is 0 Å². The maximum absolute atomic E-state index is 4.49. The molecule has 1 N–H and O–H groups in total. The molecule has 16 heavy (non-hydrogen) atoms. The first kappa shape index (κ1) is 9.60. The summed E-state index contributed by atoms with van der Waals surface area (Å²) >= 11 is 0. The molecule has 0 saturated carbocycles. The van der Waals surface area contributed by atoms with E-state index in [2.05, 4.69) is 28.6 Å². The summed E-state index contributed by atoms with van der Waals surface area (Å²) in [7, 11) is 0. The minimum absolute atomic E-state index is 0.976. The Bertz CT molecular complexity index is 514. The SMILES string of the molecule is Cc1ccn(-c2cccc3c2CCNC3)n1. The Kier molecular flexibility index (Phi) is 2.26.